The van der Waals surface area contributed by atoms with Gasteiger partial charge in [0.1, 0.15) is 5.02 Å². The molecule has 1 N–H and O–H groups in total. The average Bonchev–Trinajstić information content (AvgIpc) is 2.36. The maximum absolute atomic E-state index is 12.2. The van der Waals surface area contributed by atoms with Gasteiger partial charge in [0, 0.05) is 24.2 Å². The Morgan fingerprint density at radius 2 is 2.05 bits per heavy atom. The highest BCUT2D eigenvalue weighted by atomic mass is 35.5. The SMILES string of the molecule is CC(C)C(CN(C)C)NC(=O)c1ccc([N+](=O)[O-])c(Cl)c1. The number of nitrogens with zero attached hydrogens (tertiary/aromatic N) is 2. The molecule has 1 atom stereocenters. The number of amides is 1. The first kappa shape index (κ1) is 17.4. The van der Waals surface area contributed by atoms with Crippen LogP contribution in [0.25, 0.3) is 0 Å². The summed E-state index contributed by atoms with van der Waals surface area (Å²) < 4.78 is 0. The van der Waals surface area contributed by atoms with Gasteiger partial charge in [-0.2, -0.15) is 0 Å². The molecule has 0 aliphatic heterocycles. The third-order valence-electron chi connectivity index (χ3n) is 3.09. The van der Waals surface area contributed by atoms with Gasteiger partial charge >= 0.3 is 0 Å². The summed E-state index contributed by atoms with van der Waals surface area (Å²) in [6.45, 7) is 4.76. The van der Waals surface area contributed by atoms with Crippen LogP contribution >= 0.6 is 11.6 Å². The molecule has 0 spiro atoms. The molecule has 0 aromatic heterocycles. The maximum atomic E-state index is 12.2. The van der Waals surface area contributed by atoms with Crippen LogP contribution in [0.3, 0.4) is 0 Å². The standard InChI is InChI=1S/C14H20ClN3O3/c1-9(2)12(8-17(3)4)16-14(19)10-5-6-13(18(20)21)11(15)7-10/h5-7,9,12H,8H2,1-4H3,(H,16,19). The van der Waals surface area contributed by atoms with E-state index in [-0.39, 0.29) is 28.6 Å². The highest BCUT2D eigenvalue weighted by Crippen LogP contribution is 2.25. The van der Waals surface area contributed by atoms with Crippen LogP contribution in [0.15, 0.2) is 18.2 Å². The summed E-state index contributed by atoms with van der Waals surface area (Å²) in [6.07, 6.45) is 0. The Hall–Kier alpha value is -1.66. The van der Waals surface area contributed by atoms with Crippen molar-refractivity contribution in [3.8, 4) is 0 Å². The molecule has 1 unspecified atom stereocenters. The van der Waals surface area contributed by atoms with E-state index >= 15 is 0 Å². The summed E-state index contributed by atoms with van der Waals surface area (Å²) in [5.74, 6) is -0.0165. The topological polar surface area (TPSA) is 75.5 Å². The molecule has 1 aromatic rings. The summed E-state index contributed by atoms with van der Waals surface area (Å²) in [5.41, 5.74) is 0.108. The van der Waals surface area contributed by atoms with Crippen LogP contribution in [0.5, 0.6) is 0 Å². The highest BCUT2D eigenvalue weighted by molar-refractivity contribution is 6.33. The van der Waals surface area contributed by atoms with Crippen molar-refractivity contribution in [3.05, 3.63) is 38.9 Å². The molecule has 0 radical (unpaired) electrons. The molecule has 21 heavy (non-hydrogen) atoms. The lowest BCUT2D eigenvalue weighted by atomic mass is 10.0. The number of nitro groups is 1. The van der Waals surface area contributed by atoms with E-state index < -0.39 is 4.92 Å². The van der Waals surface area contributed by atoms with Crippen molar-refractivity contribution >= 4 is 23.2 Å². The molecule has 6 nitrogen and oxygen atoms in total. The van der Waals surface area contributed by atoms with Gasteiger partial charge in [-0.1, -0.05) is 25.4 Å². The summed E-state index contributed by atoms with van der Waals surface area (Å²) in [5, 5.41) is 13.6. The summed E-state index contributed by atoms with van der Waals surface area (Å²) in [4.78, 5) is 24.3. The van der Waals surface area contributed by atoms with E-state index in [9.17, 15) is 14.9 Å². The number of carbonyl (C=O) groups is 1. The molecule has 0 bridgehead atoms. The Morgan fingerprint density at radius 1 is 1.43 bits per heavy atom. The van der Waals surface area contributed by atoms with E-state index in [1.165, 1.54) is 18.2 Å². The normalized spacial score (nSPS) is 12.5. The zero-order valence-electron chi connectivity index (χ0n) is 12.6. The fourth-order valence-electron chi connectivity index (χ4n) is 1.86. The fraction of sp³-hybridized carbons (Fsp3) is 0.500. The second kappa shape index (κ2) is 7.38. The minimum Gasteiger partial charge on any atom is -0.348 e. The smallest absolute Gasteiger partial charge is 0.287 e. The summed E-state index contributed by atoms with van der Waals surface area (Å²) in [7, 11) is 3.87. The molecule has 116 valence electrons. The molecule has 0 aliphatic carbocycles. The number of hydrogen-bond acceptors (Lipinski definition) is 4. The van der Waals surface area contributed by atoms with Crippen LogP contribution in [0, 0.1) is 16.0 Å². The Balaban J connectivity index is 2.88. The van der Waals surface area contributed by atoms with Gasteiger partial charge in [-0.3, -0.25) is 14.9 Å². The van der Waals surface area contributed by atoms with Gasteiger partial charge in [-0.25, -0.2) is 0 Å². The lowest BCUT2D eigenvalue weighted by Crippen LogP contribution is -2.45. The quantitative estimate of drug-likeness (QED) is 0.647. The minimum atomic E-state index is -0.576. The van der Waals surface area contributed by atoms with Crippen LogP contribution in [-0.2, 0) is 0 Å². The molecule has 1 aromatic carbocycles. The molecule has 0 heterocycles. The van der Waals surface area contributed by atoms with Gasteiger partial charge in [-0.15, -0.1) is 0 Å². The van der Waals surface area contributed by atoms with E-state index in [1.807, 2.05) is 32.8 Å². The van der Waals surface area contributed by atoms with Crippen LogP contribution in [0.1, 0.15) is 24.2 Å². The first-order chi connectivity index (χ1) is 9.72. The zero-order chi connectivity index (χ0) is 16.2. The molecular weight excluding hydrogens is 294 g/mol. The molecule has 1 rings (SSSR count). The second-order valence-electron chi connectivity index (χ2n) is 5.51. The zero-order valence-corrected chi connectivity index (χ0v) is 13.3. The average molecular weight is 314 g/mol. The second-order valence-corrected chi connectivity index (χ2v) is 5.92. The Bertz CT molecular complexity index is 532. The van der Waals surface area contributed by atoms with E-state index in [0.717, 1.165) is 0 Å². The molecule has 7 heteroatoms. The molecule has 0 fully saturated rings. The van der Waals surface area contributed by atoms with Crippen molar-refractivity contribution in [3.63, 3.8) is 0 Å². The third kappa shape index (κ3) is 4.99. The van der Waals surface area contributed by atoms with Crippen molar-refractivity contribution < 1.29 is 9.72 Å². The number of nitro benzene ring substituents is 1. The largest absolute Gasteiger partial charge is 0.348 e. The van der Waals surface area contributed by atoms with Crippen LogP contribution in [0.4, 0.5) is 5.69 Å². The molecule has 1 amide bonds. The number of likely N-dealkylation sites (N-methyl/N-ethyl adjacent to an activating group) is 1. The number of rotatable bonds is 6. The molecular formula is C14H20ClN3O3. The number of hydrogen-bond donors (Lipinski definition) is 1. The van der Waals surface area contributed by atoms with Gasteiger partial charge in [0.25, 0.3) is 11.6 Å². The van der Waals surface area contributed by atoms with Crippen LogP contribution in [-0.4, -0.2) is 42.4 Å². The van der Waals surface area contributed by atoms with Crippen molar-refractivity contribution in [2.45, 2.75) is 19.9 Å². The third-order valence-corrected chi connectivity index (χ3v) is 3.39. The Labute approximate surface area is 129 Å². The van der Waals surface area contributed by atoms with Gasteiger partial charge in [-0.05, 0) is 32.1 Å². The monoisotopic (exact) mass is 313 g/mol. The van der Waals surface area contributed by atoms with E-state index in [0.29, 0.717) is 12.1 Å². The van der Waals surface area contributed by atoms with Gasteiger partial charge < -0.3 is 10.2 Å². The van der Waals surface area contributed by atoms with Crippen molar-refractivity contribution in [1.29, 1.82) is 0 Å². The lowest BCUT2D eigenvalue weighted by Gasteiger charge is -2.25. The Morgan fingerprint density at radius 3 is 2.48 bits per heavy atom. The van der Waals surface area contributed by atoms with E-state index in [2.05, 4.69) is 5.32 Å². The van der Waals surface area contributed by atoms with Crippen molar-refractivity contribution in [2.75, 3.05) is 20.6 Å². The van der Waals surface area contributed by atoms with Crippen LogP contribution < -0.4 is 5.32 Å². The molecule has 0 saturated heterocycles. The van der Waals surface area contributed by atoms with Gasteiger partial charge in [0.15, 0.2) is 0 Å². The fourth-order valence-corrected chi connectivity index (χ4v) is 2.11. The first-order valence-corrected chi connectivity index (χ1v) is 6.99. The number of halogens is 1. The van der Waals surface area contributed by atoms with Crippen LogP contribution in [0.2, 0.25) is 5.02 Å². The summed E-state index contributed by atoms with van der Waals surface area (Å²) in [6, 6.07) is 3.96. The maximum Gasteiger partial charge on any atom is 0.287 e. The van der Waals surface area contributed by atoms with Crippen molar-refractivity contribution in [2.24, 2.45) is 5.92 Å². The summed E-state index contributed by atoms with van der Waals surface area (Å²) >= 11 is 5.82. The number of carbonyl (C=O) groups excluding carboxylic acids is 1. The molecule has 0 saturated carbocycles. The predicted octanol–water partition coefficient (Wildman–Crippen LogP) is 2.56. The number of benzene rings is 1. The van der Waals surface area contributed by atoms with Crippen molar-refractivity contribution in [1.82, 2.24) is 10.2 Å². The lowest BCUT2D eigenvalue weighted by molar-refractivity contribution is -0.384. The first-order valence-electron chi connectivity index (χ1n) is 6.62. The Kier molecular flexibility index (Phi) is 6.11. The van der Waals surface area contributed by atoms with Gasteiger partial charge in [0.2, 0.25) is 0 Å². The van der Waals surface area contributed by atoms with E-state index in [1.54, 1.807) is 0 Å². The number of nitrogens with one attached hydrogen (secondary N) is 1. The van der Waals surface area contributed by atoms with Gasteiger partial charge in [0.05, 0.1) is 4.92 Å². The predicted molar refractivity (Wildman–Crippen MR) is 82.8 cm³/mol. The minimum absolute atomic E-state index is 0.0125. The molecule has 0 aliphatic rings. The van der Waals surface area contributed by atoms with E-state index in [4.69, 9.17) is 11.6 Å². The highest BCUT2D eigenvalue weighted by Gasteiger charge is 2.20.